The average molecular weight is 533 g/mol. The van der Waals surface area contributed by atoms with Crippen LogP contribution < -0.4 is 15.4 Å². The lowest BCUT2D eigenvalue weighted by Crippen LogP contribution is -2.60. The third-order valence-corrected chi connectivity index (χ3v) is 5.53. The van der Waals surface area contributed by atoms with E-state index in [1.165, 1.54) is 0 Å². The first-order chi connectivity index (χ1) is 13.9. The Kier molecular flexibility index (Phi) is 9.08. The number of nitrogens with one attached hydrogen (secondary N) is 2. The molecule has 0 aliphatic carbocycles. The van der Waals surface area contributed by atoms with E-state index in [4.69, 9.17) is 21.7 Å². The number of carbonyl (C=O) groups excluding carboxylic acids is 3. The van der Waals surface area contributed by atoms with Gasteiger partial charge in [-0.25, -0.2) is 0 Å². The number of ether oxygens (including phenoxy) is 2. The van der Waals surface area contributed by atoms with Gasteiger partial charge in [0.05, 0.1) is 23.7 Å². The lowest BCUT2D eigenvalue weighted by molar-refractivity contribution is -0.147. The SMILES string of the molecule is CCCCOC(=O)CC1C(=O)NCCN1C(=S)NC(=O)c1ccc(OC)c(I)c1. The second-order valence-corrected chi connectivity index (χ2v) is 7.94. The molecule has 2 rings (SSSR count). The molecule has 158 valence electrons. The monoisotopic (exact) mass is 533 g/mol. The zero-order valence-corrected chi connectivity index (χ0v) is 19.3. The lowest BCUT2D eigenvalue weighted by Gasteiger charge is -2.36. The van der Waals surface area contributed by atoms with Crippen LogP contribution in [0.25, 0.3) is 0 Å². The van der Waals surface area contributed by atoms with Gasteiger partial charge in [-0.15, -0.1) is 0 Å². The highest BCUT2D eigenvalue weighted by Crippen LogP contribution is 2.21. The Balaban J connectivity index is 2.04. The Morgan fingerprint density at radius 2 is 2.17 bits per heavy atom. The van der Waals surface area contributed by atoms with Crippen LogP contribution in [0.4, 0.5) is 0 Å². The summed E-state index contributed by atoms with van der Waals surface area (Å²) in [5.74, 6) is -0.520. The number of unbranched alkanes of at least 4 members (excludes halogenated alkanes) is 1. The molecule has 8 nitrogen and oxygen atoms in total. The maximum atomic E-state index is 12.6. The lowest BCUT2D eigenvalue weighted by atomic mass is 10.1. The molecule has 2 amide bonds. The van der Waals surface area contributed by atoms with E-state index in [0.717, 1.165) is 16.4 Å². The van der Waals surface area contributed by atoms with Crippen LogP contribution in [0, 0.1) is 3.57 Å². The van der Waals surface area contributed by atoms with Crippen molar-refractivity contribution in [3.05, 3.63) is 27.3 Å². The Hall–Kier alpha value is -1.95. The molecule has 0 bridgehead atoms. The van der Waals surface area contributed by atoms with Crippen molar-refractivity contribution in [1.82, 2.24) is 15.5 Å². The van der Waals surface area contributed by atoms with Crippen molar-refractivity contribution in [1.29, 1.82) is 0 Å². The summed E-state index contributed by atoms with van der Waals surface area (Å²) >= 11 is 7.43. The van der Waals surface area contributed by atoms with Crippen molar-refractivity contribution in [3.63, 3.8) is 0 Å². The van der Waals surface area contributed by atoms with Gasteiger partial charge >= 0.3 is 5.97 Å². The van der Waals surface area contributed by atoms with Crippen molar-refractivity contribution in [3.8, 4) is 5.75 Å². The zero-order valence-electron chi connectivity index (χ0n) is 16.3. The van der Waals surface area contributed by atoms with Crippen LogP contribution in [-0.2, 0) is 14.3 Å². The molecule has 0 saturated carbocycles. The first kappa shape index (κ1) is 23.3. The number of halogens is 1. The number of methoxy groups -OCH3 is 1. The summed E-state index contributed by atoms with van der Waals surface area (Å²) in [5.41, 5.74) is 0.412. The molecule has 1 aromatic carbocycles. The molecule has 1 aromatic rings. The molecule has 1 aliphatic heterocycles. The number of esters is 1. The minimum Gasteiger partial charge on any atom is -0.496 e. The Morgan fingerprint density at radius 3 is 2.83 bits per heavy atom. The molecular weight excluding hydrogens is 509 g/mol. The molecule has 0 aromatic heterocycles. The zero-order chi connectivity index (χ0) is 21.4. The van der Waals surface area contributed by atoms with Crippen molar-refractivity contribution in [2.45, 2.75) is 32.2 Å². The molecule has 1 fully saturated rings. The number of amides is 2. The second kappa shape index (κ2) is 11.3. The number of rotatable bonds is 7. The van der Waals surface area contributed by atoms with Gasteiger partial charge in [0.2, 0.25) is 5.91 Å². The molecule has 29 heavy (non-hydrogen) atoms. The molecule has 0 radical (unpaired) electrons. The average Bonchev–Trinajstić information content (AvgIpc) is 2.69. The molecule has 2 N–H and O–H groups in total. The normalized spacial score (nSPS) is 16.0. The van der Waals surface area contributed by atoms with Crippen LogP contribution in [0.5, 0.6) is 5.75 Å². The summed E-state index contributed by atoms with van der Waals surface area (Å²) in [6, 6.07) is 4.19. The van der Waals surface area contributed by atoms with Gasteiger partial charge in [0, 0.05) is 18.7 Å². The van der Waals surface area contributed by atoms with Crippen LogP contribution in [0.3, 0.4) is 0 Å². The topological polar surface area (TPSA) is 97.0 Å². The van der Waals surface area contributed by atoms with E-state index in [9.17, 15) is 14.4 Å². The van der Waals surface area contributed by atoms with Crippen LogP contribution in [0.15, 0.2) is 18.2 Å². The van der Waals surface area contributed by atoms with Crippen LogP contribution in [-0.4, -0.2) is 60.6 Å². The fraction of sp³-hybridized carbons (Fsp3) is 0.474. The maximum Gasteiger partial charge on any atom is 0.308 e. The first-order valence-electron chi connectivity index (χ1n) is 9.26. The minimum atomic E-state index is -0.818. The molecular formula is C19H24IN3O5S. The van der Waals surface area contributed by atoms with E-state index in [2.05, 4.69) is 33.2 Å². The van der Waals surface area contributed by atoms with Gasteiger partial charge in [0.1, 0.15) is 11.8 Å². The van der Waals surface area contributed by atoms with E-state index in [1.807, 2.05) is 6.92 Å². The molecule has 1 aliphatic rings. The number of thiocarbonyl (C=S) groups is 1. The molecule has 10 heteroatoms. The van der Waals surface area contributed by atoms with E-state index in [1.54, 1.807) is 30.2 Å². The second-order valence-electron chi connectivity index (χ2n) is 6.39. The van der Waals surface area contributed by atoms with Crippen LogP contribution >= 0.6 is 34.8 Å². The Bertz CT molecular complexity index is 789. The summed E-state index contributed by atoms with van der Waals surface area (Å²) < 4.78 is 11.1. The van der Waals surface area contributed by atoms with E-state index in [-0.39, 0.29) is 17.4 Å². The number of hydrogen-bond acceptors (Lipinski definition) is 6. The predicted molar refractivity (Wildman–Crippen MR) is 120 cm³/mol. The third kappa shape index (κ3) is 6.53. The van der Waals surface area contributed by atoms with Crippen LogP contribution in [0.2, 0.25) is 0 Å². The van der Waals surface area contributed by atoms with Crippen molar-refractivity contribution < 1.29 is 23.9 Å². The summed E-state index contributed by atoms with van der Waals surface area (Å²) in [5, 5.41) is 5.47. The van der Waals surface area contributed by atoms with Gasteiger partial charge in [0.25, 0.3) is 5.91 Å². The number of hydrogen-bond donors (Lipinski definition) is 2. The van der Waals surface area contributed by atoms with Gasteiger partial charge < -0.3 is 19.7 Å². The number of piperazine rings is 1. The van der Waals surface area contributed by atoms with Gasteiger partial charge in [0.15, 0.2) is 5.11 Å². The van der Waals surface area contributed by atoms with Crippen molar-refractivity contribution >= 4 is 57.7 Å². The standard InChI is InChI=1S/C19H24IN3O5S/c1-3-4-9-28-16(24)11-14-18(26)21-7-8-23(14)19(29)22-17(25)12-5-6-15(27-2)13(20)10-12/h5-6,10,14H,3-4,7-9,11H2,1-2H3,(H,21,26)(H,22,25,29). The molecule has 0 spiro atoms. The van der Waals surface area contributed by atoms with Gasteiger partial charge in [-0.05, 0) is 59.4 Å². The fourth-order valence-corrected chi connectivity index (χ4v) is 3.80. The van der Waals surface area contributed by atoms with Gasteiger partial charge in [-0.3, -0.25) is 19.7 Å². The van der Waals surface area contributed by atoms with Gasteiger partial charge in [-0.1, -0.05) is 13.3 Å². The van der Waals surface area contributed by atoms with E-state index < -0.39 is 17.9 Å². The molecule has 1 unspecified atom stereocenters. The highest BCUT2D eigenvalue weighted by Gasteiger charge is 2.34. The molecule has 1 saturated heterocycles. The highest BCUT2D eigenvalue weighted by molar-refractivity contribution is 14.1. The molecule has 1 atom stereocenters. The summed E-state index contributed by atoms with van der Waals surface area (Å²) in [6.07, 6.45) is 1.54. The van der Waals surface area contributed by atoms with E-state index >= 15 is 0 Å². The smallest absolute Gasteiger partial charge is 0.308 e. The van der Waals surface area contributed by atoms with Crippen molar-refractivity contribution in [2.75, 3.05) is 26.8 Å². The highest BCUT2D eigenvalue weighted by atomic mass is 127. The Morgan fingerprint density at radius 1 is 1.41 bits per heavy atom. The fourth-order valence-electron chi connectivity index (χ4n) is 2.76. The summed E-state index contributed by atoms with van der Waals surface area (Å²) in [4.78, 5) is 38.5. The largest absolute Gasteiger partial charge is 0.496 e. The van der Waals surface area contributed by atoms with Crippen LogP contribution in [0.1, 0.15) is 36.5 Å². The summed E-state index contributed by atoms with van der Waals surface area (Å²) in [7, 11) is 1.56. The number of benzene rings is 1. The van der Waals surface area contributed by atoms with Gasteiger partial charge in [-0.2, -0.15) is 0 Å². The Labute approximate surface area is 188 Å². The maximum absolute atomic E-state index is 12.6. The minimum absolute atomic E-state index is 0.0991. The van der Waals surface area contributed by atoms with Crippen molar-refractivity contribution in [2.24, 2.45) is 0 Å². The quantitative estimate of drug-likeness (QED) is 0.239. The first-order valence-corrected chi connectivity index (χ1v) is 10.7. The number of nitrogens with zero attached hydrogens (tertiary/aromatic N) is 1. The predicted octanol–water partition coefficient (Wildman–Crippen LogP) is 1.85. The van der Waals surface area contributed by atoms with E-state index in [0.29, 0.717) is 31.0 Å². The number of carbonyl (C=O) groups is 3. The molecule has 1 heterocycles. The summed E-state index contributed by atoms with van der Waals surface area (Å²) in [6.45, 7) is 3.07. The third-order valence-electron chi connectivity index (χ3n) is 4.35.